The van der Waals surface area contributed by atoms with Gasteiger partial charge in [-0.2, -0.15) is 26.3 Å². The summed E-state index contributed by atoms with van der Waals surface area (Å²) >= 11 is 5.78. The standard InChI is InChI=1S/2C10H11F3N2O5.C9H11ClN4O2/c2*11-10(12,13)4-2-15(9(19)14-8(4)18)7-1-5(17)6(3-16)20-7;10-7-5(12-9(16)13-8(7)15)4-14-3-1-2-6(14)11/h2*2,5-7,16-17H,1,3H2,(H,14,18,19);11H,1-4H2,(H2,12,13,15,16). The molecule has 20 nitrogen and oxygen atoms in total. The van der Waals surface area contributed by atoms with E-state index in [1.165, 1.54) is 0 Å². The van der Waals surface area contributed by atoms with E-state index in [2.05, 4.69) is 4.98 Å². The van der Waals surface area contributed by atoms with Crippen LogP contribution >= 0.6 is 11.6 Å². The molecule has 0 saturated carbocycles. The summed E-state index contributed by atoms with van der Waals surface area (Å²) in [5, 5.41) is 44.4. The summed E-state index contributed by atoms with van der Waals surface area (Å²) in [5.41, 5.74) is -9.14. The second kappa shape index (κ2) is 17.5. The largest absolute Gasteiger partial charge is 0.423 e. The van der Waals surface area contributed by atoms with E-state index in [1.54, 1.807) is 14.9 Å². The second-order valence-corrected chi connectivity index (χ2v) is 12.7. The molecule has 56 heavy (non-hydrogen) atoms. The van der Waals surface area contributed by atoms with Crippen molar-refractivity contribution in [3.05, 3.63) is 96.8 Å². The molecule has 310 valence electrons. The van der Waals surface area contributed by atoms with Crippen molar-refractivity contribution in [1.82, 2.24) is 34.0 Å². The average Bonchev–Trinajstić information content (AvgIpc) is 3.79. The molecule has 0 spiro atoms. The van der Waals surface area contributed by atoms with Gasteiger partial charge in [0.2, 0.25) is 0 Å². The molecule has 0 amide bonds. The van der Waals surface area contributed by atoms with Crippen LogP contribution in [0.4, 0.5) is 26.3 Å². The molecule has 6 heterocycles. The lowest BCUT2D eigenvalue weighted by Crippen LogP contribution is -2.36. The minimum atomic E-state index is -4.92. The van der Waals surface area contributed by atoms with Crippen molar-refractivity contribution in [3.8, 4) is 0 Å². The molecule has 0 radical (unpaired) electrons. The Morgan fingerprint density at radius 2 is 1.20 bits per heavy atom. The highest BCUT2D eigenvalue weighted by molar-refractivity contribution is 6.31. The van der Waals surface area contributed by atoms with Gasteiger partial charge in [0.05, 0.1) is 43.5 Å². The number of ether oxygens (including phenoxy) is 2. The molecule has 6 rings (SSSR count). The van der Waals surface area contributed by atoms with Crippen molar-refractivity contribution in [2.24, 2.45) is 0 Å². The molecule has 3 aromatic heterocycles. The minimum absolute atomic E-state index is 0.0145. The number of nitrogens with one attached hydrogen (secondary N) is 5. The van der Waals surface area contributed by atoms with Crippen LogP contribution in [0.5, 0.6) is 0 Å². The molecule has 0 aliphatic carbocycles. The van der Waals surface area contributed by atoms with E-state index in [0.717, 1.165) is 19.4 Å². The molecular weight excluding hydrogens is 802 g/mol. The van der Waals surface area contributed by atoms with Crippen LogP contribution in [0.15, 0.2) is 41.2 Å². The van der Waals surface area contributed by atoms with Crippen LogP contribution < -0.4 is 33.7 Å². The van der Waals surface area contributed by atoms with E-state index in [4.69, 9.17) is 36.7 Å². The summed E-state index contributed by atoms with van der Waals surface area (Å²) in [4.78, 5) is 77.0. The maximum absolute atomic E-state index is 12.6. The molecule has 0 aromatic carbocycles. The van der Waals surface area contributed by atoms with Gasteiger partial charge >= 0.3 is 29.4 Å². The number of likely N-dealkylation sites (tertiary alicyclic amines) is 1. The Morgan fingerprint density at radius 1 is 0.750 bits per heavy atom. The van der Waals surface area contributed by atoms with Gasteiger partial charge in [-0.1, -0.05) is 11.6 Å². The van der Waals surface area contributed by atoms with Gasteiger partial charge in [-0.3, -0.25) is 43.9 Å². The number of aromatic amines is 4. The predicted octanol–water partition coefficient (Wildman–Crippen LogP) is -1.32. The van der Waals surface area contributed by atoms with Crippen molar-refractivity contribution in [2.75, 3.05) is 19.8 Å². The second-order valence-electron chi connectivity index (χ2n) is 12.3. The third-order valence-corrected chi connectivity index (χ3v) is 8.86. The predicted molar refractivity (Wildman–Crippen MR) is 176 cm³/mol. The van der Waals surface area contributed by atoms with Crippen molar-refractivity contribution in [1.29, 1.82) is 5.41 Å². The van der Waals surface area contributed by atoms with Gasteiger partial charge in [0.25, 0.3) is 16.7 Å². The fraction of sp³-hybridized carbons (Fsp3) is 0.552. The molecule has 3 aromatic rings. The van der Waals surface area contributed by atoms with Gasteiger partial charge in [0, 0.05) is 38.2 Å². The number of alkyl halides is 6. The normalized spacial score (nSPS) is 23.8. The number of amidine groups is 1. The van der Waals surface area contributed by atoms with E-state index < -0.39 is 107 Å². The summed E-state index contributed by atoms with van der Waals surface area (Å²) < 4.78 is 86.8. The molecule has 0 bridgehead atoms. The zero-order valence-corrected chi connectivity index (χ0v) is 29.1. The SMILES string of the molecule is N=C1CCCN1Cc1[nH]c(=O)[nH]c(=O)c1Cl.O=c1[nH]c(=O)n(C2CC(O)C(CO)O2)cc1C(F)(F)F.O=c1[nH]c(=O)n(C2CC(O)C(CO)O2)cc1C(F)(F)F. The van der Waals surface area contributed by atoms with Crippen LogP contribution in [0.25, 0.3) is 0 Å². The third kappa shape index (κ3) is 10.3. The Hall–Kier alpha value is -4.86. The van der Waals surface area contributed by atoms with Crippen molar-refractivity contribution < 1.29 is 56.2 Å². The highest BCUT2D eigenvalue weighted by Crippen LogP contribution is 2.31. The van der Waals surface area contributed by atoms with Gasteiger partial charge in [-0.25, -0.2) is 14.4 Å². The van der Waals surface area contributed by atoms with E-state index in [0.29, 0.717) is 39.6 Å². The summed E-state index contributed by atoms with van der Waals surface area (Å²) in [6.45, 7) is -0.0232. The van der Waals surface area contributed by atoms with E-state index in [9.17, 15) is 65.3 Å². The molecule has 9 N–H and O–H groups in total. The van der Waals surface area contributed by atoms with Crippen LogP contribution in [0, 0.1) is 5.41 Å². The smallest absolute Gasteiger partial charge is 0.394 e. The number of hydrogen-bond donors (Lipinski definition) is 9. The number of nitrogens with zero attached hydrogens (tertiary/aromatic N) is 3. The summed E-state index contributed by atoms with van der Waals surface area (Å²) in [7, 11) is 0. The number of halogens is 7. The maximum atomic E-state index is 12.6. The van der Waals surface area contributed by atoms with E-state index >= 15 is 0 Å². The van der Waals surface area contributed by atoms with Crippen LogP contribution in [-0.4, -0.2) is 104 Å². The number of aromatic nitrogens is 6. The lowest BCUT2D eigenvalue weighted by atomic mass is 10.2. The van der Waals surface area contributed by atoms with Crippen molar-refractivity contribution >= 4 is 17.4 Å². The maximum Gasteiger partial charge on any atom is 0.423 e. The van der Waals surface area contributed by atoms with Crippen LogP contribution in [0.2, 0.25) is 5.02 Å². The topological polar surface area (TPSA) is 302 Å². The van der Waals surface area contributed by atoms with Crippen molar-refractivity contribution in [3.63, 3.8) is 0 Å². The Balaban J connectivity index is 0.000000188. The summed E-state index contributed by atoms with van der Waals surface area (Å²) in [6.07, 6.45) is -14.4. The number of hydrogen-bond acceptors (Lipinski definition) is 13. The Bertz CT molecular complexity index is 2140. The van der Waals surface area contributed by atoms with Gasteiger partial charge in [-0.15, -0.1) is 0 Å². The van der Waals surface area contributed by atoms with Gasteiger partial charge in [-0.05, 0) is 6.42 Å². The lowest BCUT2D eigenvalue weighted by Gasteiger charge is -2.17. The Kier molecular flexibility index (Phi) is 13.7. The number of aliphatic hydroxyl groups excluding tert-OH is 4. The fourth-order valence-corrected chi connectivity index (χ4v) is 5.78. The quantitative estimate of drug-likeness (QED) is 0.130. The average molecular weight is 835 g/mol. The monoisotopic (exact) mass is 834 g/mol. The highest BCUT2D eigenvalue weighted by atomic mass is 35.5. The van der Waals surface area contributed by atoms with E-state index in [1.807, 2.05) is 4.98 Å². The lowest BCUT2D eigenvalue weighted by molar-refractivity contribution is -0.140. The van der Waals surface area contributed by atoms with Crippen LogP contribution in [0.3, 0.4) is 0 Å². The van der Waals surface area contributed by atoms with Crippen LogP contribution in [-0.2, 0) is 28.4 Å². The summed E-state index contributed by atoms with van der Waals surface area (Å²) in [6, 6.07) is 0. The first-order valence-corrected chi connectivity index (χ1v) is 16.5. The Labute approximate surface area is 311 Å². The highest BCUT2D eigenvalue weighted by Gasteiger charge is 2.40. The van der Waals surface area contributed by atoms with Gasteiger partial charge < -0.3 is 39.8 Å². The minimum Gasteiger partial charge on any atom is -0.394 e. The van der Waals surface area contributed by atoms with E-state index in [-0.39, 0.29) is 17.9 Å². The zero-order chi connectivity index (χ0) is 41.9. The first-order chi connectivity index (χ1) is 26.0. The number of aliphatic hydroxyl groups is 4. The number of H-pyrrole nitrogens is 4. The summed E-state index contributed by atoms with van der Waals surface area (Å²) in [5.74, 6) is 0.511. The zero-order valence-electron chi connectivity index (χ0n) is 28.3. The third-order valence-electron chi connectivity index (χ3n) is 8.46. The molecule has 6 unspecified atom stereocenters. The molecule has 27 heteroatoms. The molecule has 6 atom stereocenters. The Morgan fingerprint density at radius 3 is 1.55 bits per heavy atom. The molecule has 3 aliphatic rings. The van der Waals surface area contributed by atoms with Crippen LogP contribution in [0.1, 0.15) is 55.0 Å². The van der Waals surface area contributed by atoms with Crippen molar-refractivity contribution in [2.45, 2.75) is 81.5 Å². The fourth-order valence-electron chi connectivity index (χ4n) is 5.63. The first-order valence-electron chi connectivity index (χ1n) is 16.1. The van der Waals surface area contributed by atoms with Gasteiger partial charge in [0.15, 0.2) is 0 Å². The molecule has 3 aliphatic heterocycles. The first kappa shape index (κ1) is 43.9. The molecule has 3 fully saturated rings. The van der Waals surface area contributed by atoms with Gasteiger partial charge in [0.1, 0.15) is 40.8 Å². The molecule has 3 saturated heterocycles. The molecular formula is C29H33ClF6N8O12. The number of rotatable bonds is 6.